The largest absolute Gasteiger partial charge is 0.433 e. The molecule has 2 aromatic rings. The number of nitrogens with zero attached hydrogens (tertiary/aromatic N) is 2. The Morgan fingerprint density at radius 1 is 0.889 bits per heavy atom. The van der Waals surface area contributed by atoms with E-state index in [1.165, 1.54) is 0 Å². The van der Waals surface area contributed by atoms with Crippen LogP contribution >= 0.6 is 0 Å². The van der Waals surface area contributed by atoms with E-state index in [-0.39, 0.29) is 12.0 Å². The third-order valence-electron chi connectivity index (χ3n) is 4.21. The molecule has 0 saturated heterocycles. The second-order valence-corrected chi connectivity index (χ2v) is 6.31. The van der Waals surface area contributed by atoms with Crippen molar-refractivity contribution < 1.29 is 26.3 Å². The Balaban J connectivity index is 1.93. The minimum absolute atomic E-state index is 0.0747. The number of nitrogens with one attached hydrogen (secondary N) is 2. The van der Waals surface area contributed by atoms with E-state index in [2.05, 4.69) is 20.6 Å². The summed E-state index contributed by atoms with van der Waals surface area (Å²) in [7, 11) is 0. The van der Waals surface area contributed by atoms with Crippen LogP contribution in [0.15, 0.2) is 18.2 Å². The van der Waals surface area contributed by atoms with E-state index in [9.17, 15) is 26.3 Å². The van der Waals surface area contributed by atoms with Crippen molar-refractivity contribution in [3.63, 3.8) is 0 Å². The monoisotopic (exact) mass is 390 g/mol. The molecule has 0 radical (unpaired) electrons. The number of alkyl halides is 3. The van der Waals surface area contributed by atoms with Gasteiger partial charge in [-0.2, -0.15) is 18.2 Å². The molecule has 1 aliphatic carbocycles. The Morgan fingerprint density at radius 3 is 2.11 bits per heavy atom. The van der Waals surface area contributed by atoms with Gasteiger partial charge < -0.3 is 10.6 Å². The number of anilines is 3. The zero-order valence-corrected chi connectivity index (χ0v) is 14.0. The minimum Gasteiger partial charge on any atom is -0.351 e. The average molecular weight is 390 g/mol. The van der Waals surface area contributed by atoms with Gasteiger partial charge in [0.25, 0.3) is 0 Å². The van der Waals surface area contributed by atoms with E-state index in [0.29, 0.717) is 18.2 Å². The SMILES string of the molecule is Fc1cc(F)c(Nc2cc(C(F)(F)F)nc(NC3CCCCC3)n2)c(F)c1. The molecule has 0 amide bonds. The molecular formula is C17H16F6N4. The molecule has 0 atom stereocenters. The van der Waals surface area contributed by atoms with Crippen LogP contribution < -0.4 is 10.6 Å². The third-order valence-corrected chi connectivity index (χ3v) is 4.21. The van der Waals surface area contributed by atoms with E-state index in [1.54, 1.807) is 0 Å². The Morgan fingerprint density at radius 2 is 1.52 bits per heavy atom. The smallest absolute Gasteiger partial charge is 0.351 e. The first-order valence-corrected chi connectivity index (χ1v) is 8.37. The number of aromatic nitrogens is 2. The van der Waals surface area contributed by atoms with Gasteiger partial charge in [-0.05, 0) is 12.8 Å². The summed E-state index contributed by atoms with van der Waals surface area (Å²) >= 11 is 0. The van der Waals surface area contributed by atoms with Gasteiger partial charge in [0.1, 0.15) is 17.3 Å². The number of benzene rings is 1. The van der Waals surface area contributed by atoms with E-state index in [0.717, 1.165) is 32.1 Å². The van der Waals surface area contributed by atoms with Crippen molar-refractivity contribution >= 4 is 17.5 Å². The predicted molar refractivity (Wildman–Crippen MR) is 87.1 cm³/mol. The summed E-state index contributed by atoms with van der Waals surface area (Å²) in [5.41, 5.74) is -2.06. The first-order chi connectivity index (χ1) is 12.7. The second kappa shape index (κ2) is 7.61. The molecular weight excluding hydrogens is 374 g/mol. The van der Waals surface area contributed by atoms with Crippen molar-refractivity contribution in [3.8, 4) is 0 Å². The van der Waals surface area contributed by atoms with Crippen LogP contribution in [0.5, 0.6) is 0 Å². The summed E-state index contributed by atoms with van der Waals surface area (Å²) in [6.07, 6.45) is -0.311. The van der Waals surface area contributed by atoms with Crippen LogP contribution in [-0.2, 0) is 6.18 Å². The van der Waals surface area contributed by atoms with Crippen molar-refractivity contribution in [2.24, 2.45) is 0 Å². The van der Waals surface area contributed by atoms with Crippen LogP contribution in [0.3, 0.4) is 0 Å². The number of rotatable bonds is 4. The molecule has 1 aromatic heterocycles. The summed E-state index contributed by atoms with van der Waals surface area (Å²) in [6, 6.07) is 1.29. The summed E-state index contributed by atoms with van der Waals surface area (Å²) in [5, 5.41) is 5.00. The third kappa shape index (κ3) is 4.81. The molecule has 2 N–H and O–H groups in total. The van der Waals surface area contributed by atoms with Gasteiger partial charge in [0.2, 0.25) is 5.95 Å². The van der Waals surface area contributed by atoms with Crippen LogP contribution in [0.1, 0.15) is 37.8 Å². The second-order valence-electron chi connectivity index (χ2n) is 6.31. The zero-order chi connectivity index (χ0) is 19.6. The Labute approximate surface area is 151 Å². The van der Waals surface area contributed by atoms with Gasteiger partial charge in [-0.25, -0.2) is 18.2 Å². The zero-order valence-electron chi connectivity index (χ0n) is 14.0. The lowest BCUT2D eigenvalue weighted by Gasteiger charge is -2.23. The predicted octanol–water partition coefficient (Wildman–Crippen LogP) is 5.40. The lowest BCUT2D eigenvalue weighted by molar-refractivity contribution is -0.141. The lowest BCUT2D eigenvalue weighted by atomic mass is 9.96. The summed E-state index contributed by atoms with van der Waals surface area (Å²) in [6.45, 7) is 0. The highest BCUT2D eigenvalue weighted by Gasteiger charge is 2.34. The molecule has 0 unspecified atom stereocenters. The number of hydrogen-bond acceptors (Lipinski definition) is 4. The van der Waals surface area contributed by atoms with Crippen molar-refractivity contribution in [1.29, 1.82) is 0 Å². The molecule has 1 heterocycles. The van der Waals surface area contributed by atoms with Gasteiger partial charge in [0, 0.05) is 24.2 Å². The Bertz CT molecular complexity index is 795. The summed E-state index contributed by atoms with van der Waals surface area (Å²) in [5.74, 6) is -4.47. The standard InChI is InChI=1S/C17H16F6N4/c18-9-6-11(19)15(12(20)7-9)26-14-8-13(17(21,22)23)25-16(27-14)24-10-4-2-1-3-5-10/h6-8,10H,1-5H2,(H2,24,25,26,27). The molecule has 146 valence electrons. The van der Waals surface area contributed by atoms with Crippen LogP contribution in [0, 0.1) is 17.5 Å². The van der Waals surface area contributed by atoms with Crippen molar-refractivity contribution in [3.05, 3.63) is 41.3 Å². The number of halogens is 6. The minimum atomic E-state index is -4.78. The molecule has 3 rings (SSSR count). The topological polar surface area (TPSA) is 49.8 Å². The quantitative estimate of drug-likeness (QED) is 0.687. The van der Waals surface area contributed by atoms with Gasteiger partial charge >= 0.3 is 6.18 Å². The fourth-order valence-corrected chi connectivity index (χ4v) is 2.94. The fraction of sp³-hybridized carbons (Fsp3) is 0.412. The van der Waals surface area contributed by atoms with E-state index >= 15 is 0 Å². The molecule has 1 aliphatic rings. The molecule has 0 spiro atoms. The van der Waals surface area contributed by atoms with E-state index in [4.69, 9.17) is 0 Å². The molecule has 1 aromatic carbocycles. The lowest BCUT2D eigenvalue weighted by Crippen LogP contribution is -2.24. The van der Waals surface area contributed by atoms with E-state index < -0.39 is 40.8 Å². The fourth-order valence-electron chi connectivity index (χ4n) is 2.94. The van der Waals surface area contributed by atoms with Crippen LogP contribution in [0.2, 0.25) is 0 Å². The van der Waals surface area contributed by atoms with Crippen LogP contribution in [0.4, 0.5) is 43.8 Å². The highest BCUT2D eigenvalue weighted by Crippen LogP contribution is 2.32. The maximum atomic E-state index is 13.8. The molecule has 1 saturated carbocycles. The van der Waals surface area contributed by atoms with Crippen molar-refractivity contribution in [2.45, 2.75) is 44.3 Å². The van der Waals surface area contributed by atoms with Gasteiger partial charge in [-0.1, -0.05) is 19.3 Å². The first-order valence-electron chi connectivity index (χ1n) is 8.37. The summed E-state index contributed by atoms with van der Waals surface area (Å²) < 4.78 is 80.0. The molecule has 10 heteroatoms. The van der Waals surface area contributed by atoms with Crippen molar-refractivity contribution in [1.82, 2.24) is 9.97 Å². The Hall–Kier alpha value is -2.52. The molecule has 27 heavy (non-hydrogen) atoms. The van der Waals surface area contributed by atoms with Gasteiger partial charge in [0.15, 0.2) is 17.3 Å². The highest BCUT2D eigenvalue weighted by atomic mass is 19.4. The molecule has 4 nitrogen and oxygen atoms in total. The first kappa shape index (κ1) is 19.2. The van der Waals surface area contributed by atoms with Gasteiger partial charge in [-0.3, -0.25) is 0 Å². The summed E-state index contributed by atoms with van der Waals surface area (Å²) in [4.78, 5) is 7.35. The maximum Gasteiger partial charge on any atom is 0.433 e. The number of hydrogen-bond donors (Lipinski definition) is 2. The van der Waals surface area contributed by atoms with Crippen LogP contribution in [0.25, 0.3) is 0 Å². The van der Waals surface area contributed by atoms with Crippen LogP contribution in [-0.4, -0.2) is 16.0 Å². The van der Waals surface area contributed by atoms with Gasteiger partial charge in [0.05, 0.1) is 0 Å². The highest BCUT2D eigenvalue weighted by molar-refractivity contribution is 5.59. The average Bonchev–Trinajstić information content (AvgIpc) is 2.58. The van der Waals surface area contributed by atoms with E-state index in [1.807, 2.05) is 0 Å². The normalized spacial score (nSPS) is 15.6. The Kier molecular flexibility index (Phi) is 5.43. The molecule has 1 fully saturated rings. The van der Waals surface area contributed by atoms with Crippen molar-refractivity contribution in [2.75, 3.05) is 10.6 Å². The molecule has 0 aliphatic heterocycles. The maximum absolute atomic E-state index is 13.8. The van der Waals surface area contributed by atoms with Gasteiger partial charge in [-0.15, -0.1) is 0 Å². The molecule has 0 bridgehead atoms.